The minimum atomic E-state index is 0.650. The van der Waals surface area contributed by atoms with E-state index in [-0.39, 0.29) is 0 Å². The van der Waals surface area contributed by atoms with Crippen LogP contribution >= 0.6 is 11.6 Å². The van der Waals surface area contributed by atoms with Crippen LogP contribution in [0.15, 0.2) is 30.6 Å². The number of hydrogen-bond donors (Lipinski definition) is 1. The van der Waals surface area contributed by atoms with Gasteiger partial charge >= 0.3 is 0 Å². The number of hydrogen-bond acceptors (Lipinski definition) is 2. The van der Waals surface area contributed by atoms with Crippen LogP contribution in [0.5, 0.6) is 0 Å². The Bertz CT molecular complexity index is 505. The molecular formula is C13H16ClN3. The fourth-order valence-electron chi connectivity index (χ4n) is 1.74. The molecule has 1 heterocycles. The predicted octanol–water partition coefficient (Wildman–Crippen LogP) is 2.39. The van der Waals surface area contributed by atoms with Gasteiger partial charge in [-0.3, -0.25) is 4.68 Å². The first-order chi connectivity index (χ1) is 8.19. The molecule has 0 aliphatic carbocycles. The molecule has 0 aliphatic heterocycles. The summed E-state index contributed by atoms with van der Waals surface area (Å²) >= 11 is 6.19. The van der Waals surface area contributed by atoms with Gasteiger partial charge in [0.1, 0.15) is 0 Å². The van der Waals surface area contributed by atoms with Crippen molar-refractivity contribution in [3.8, 4) is 0 Å². The van der Waals surface area contributed by atoms with Crippen LogP contribution in [0.1, 0.15) is 16.7 Å². The Morgan fingerprint density at radius 1 is 1.41 bits per heavy atom. The monoisotopic (exact) mass is 249 g/mol. The van der Waals surface area contributed by atoms with Crippen molar-refractivity contribution in [3.63, 3.8) is 0 Å². The van der Waals surface area contributed by atoms with Gasteiger partial charge in [-0.05, 0) is 42.6 Å². The molecule has 0 fully saturated rings. The van der Waals surface area contributed by atoms with Gasteiger partial charge in [0.25, 0.3) is 0 Å². The van der Waals surface area contributed by atoms with Crippen LogP contribution in [0.2, 0.25) is 5.02 Å². The van der Waals surface area contributed by atoms with Crippen LogP contribution in [0.25, 0.3) is 0 Å². The molecule has 0 bridgehead atoms. The molecule has 0 amide bonds. The first-order valence-electron chi connectivity index (χ1n) is 5.65. The van der Waals surface area contributed by atoms with Crippen LogP contribution in [-0.4, -0.2) is 16.3 Å². The van der Waals surface area contributed by atoms with E-state index >= 15 is 0 Å². The van der Waals surface area contributed by atoms with Gasteiger partial charge in [0.2, 0.25) is 0 Å². The van der Waals surface area contributed by atoms with Gasteiger partial charge in [-0.1, -0.05) is 23.7 Å². The number of benzene rings is 1. The quantitative estimate of drug-likeness (QED) is 0.904. The zero-order chi connectivity index (χ0) is 12.3. The van der Waals surface area contributed by atoms with E-state index in [0.29, 0.717) is 13.1 Å². The van der Waals surface area contributed by atoms with Gasteiger partial charge in [0.05, 0.1) is 12.7 Å². The summed E-state index contributed by atoms with van der Waals surface area (Å²) in [4.78, 5) is 0. The minimum absolute atomic E-state index is 0.650. The maximum Gasteiger partial charge on any atom is 0.0673 e. The van der Waals surface area contributed by atoms with Gasteiger partial charge in [-0.15, -0.1) is 0 Å². The summed E-state index contributed by atoms with van der Waals surface area (Å²) in [7, 11) is 0. The summed E-state index contributed by atoms with van der Waals surface area (Å²) in [6, 6.07) is 6.08. The third-order valence-corrected chi connectivity index (χ3v) is 3.01. The first-order valence-corrected chi connectivity index (χ1v) is 6.03. The van der Waals surface area contributed by atoms with Crippen molar-refractivity contribution in [2.75, 3.05) is 6.54 Å². The van der Waals surface area contributed by atoms with E-state index in [9.17, 15) is 0 Å². The molecule has 0 radical (unpaired) electrons. The fraction of sp³-hybridized carbons (Fsp3) is 0.308. The van der Waals surface area contributed by atoms with Gasteiger partial charge in [0, 0.05) is 11.2 Å². The van der Waals surface area contributed by atoms with E-state index in [1.54, 1.807) is 0 Å². The highest BCUT2D eigenvalue weighted by Crippen LogP contribution is 2.18. The molecule has 17 heavy (non-hydrogen) atoms. The average molecular weight is 250 g/mol. The van der Waals surface area contributed by atoms with Crippen molar-refractivity contribution in [1.82, 2.24) is 9.78 Å². The molecular weight excluding hydrogens is 234 g/mol. The van der Waals surface area contributed by atoms with Crippen molar-refractivity contribution >= 4 is 11.6 Å². The number of halogens is 1. The molecule has 0 aliphatic rings. The lowest BCUT2D eigenvalue weighted by atomic mass is 10.1. The Kier molecular flexibility index (Phi) is 3.82. The van der Waals surface area contributed by atoms with Crippen molar-refractivity contribution in [3.05, 3.63) is 52.3 Å². The van der Waals surface area contributed by atoms with Gasteiger partial charge in [-0.2, -0.15) is 5.10 Å². The summed E-state index contributed by atoms with van der Waals surface area (Å²) in [5.41, 5.74) is 8.92. The van der Waals surface area contributed by atoms with Crippen molar-refractivity contribution in [1.29, 1.82) is 0 Å². The lowest BCUT2D eigenvalue weighted by Crippen LogP contribution is -2.02. The second-order valence-corrected chi connectivity index (χ2v) is 4.59. The average Bonchev–Trinajstić information content (AvgIpc) is 2.71. The predicted molar refractivity (Wildman–Crippen MR) is 70.3 cm³/mol. The van der Waals surface area contributed by atoms with Crippen LogP contribution in [0.3, 0.4) is 0 Å². The Balaban J connectivity index is 2.13. The maximum absolute atomic E-state index is 6.19. The largest absolute Gasteiger partial charge is 0.330 e. The van der Waals surface area contributed by atoms with Gasteiger partial charge < -0.3 is 5.73 Å². The Hall–Kier alpha value is -1.32. The van der Waals surface area contributed by atoms with Crippen LogP contribution in [0, 0.1) is 6.92 Å². The van der Waals surface area contributed by atoms with Crippen molar-refractivity contribution in [2.24, 2.45) is 5.73 Å². The highest BCUT2D eigenvalue weighted by molar-refractivity contribution is 6.31. The summed E-state index contributed by atoms with van der Waals surface area (Å²) in [6.07, 6.45) is 4.74. The molecule has 2 aromatic rings. The second kappa shape index (κ2) is 5.34. The maximum atomic E-state index is 6.19. The highest BCUT2D eigenvalue weighted by atomic mass is 35.5. The molecule has 1 aromatic heterocycles. The zero-order valence-electron chi connectivity index (χ0n) is 9.86. The summed E-state index contributed by atoms with van der Waals surface area (Å²) < 4.78 is 1.89. The van der Waals surface area contributed by atoms with E-state index in [1.165, 1.54) is 5.56 Å². The van der Waals surface area contributed by atoms with E-state index < -0.39 is 0 Å². The molecule has 90 valence electrons. The molecule has 0 unspecified atom stereocenters. The summed E-state index contributed by atoms with van der Waals surface area (Å²) in [6.45, 7) is 3.38. The topological polar surface area (TPSA) is 43.8 Å². The van der Waals surface area contributed by atoms with Gasteiger partial charge in [-0.25, -0.2) is 0 Å². The lowest BCUT2D eigenvalue weighted by Gasteiger charge is -2.05. The van der Waals surface area contributed by atoms with Crippen molar-refractivity contribution < 1.29 is 0 Å². The standard InChI is InChI=1S/C13H16ClN3/c1-10-2-3-12(13(14)6-10)9-17-8-11(4-5-15)7-16-17/h2-3,6-8H,4-5,9,15H2,1H3. The van der Waals surface area contributed by atoms with Crippen LogP contribution in [-0.2, 0) is 13.0 Å². The molecule has 0 spiro atoms. The fourth-order valence-corrected chi connectivity index (χ4v) is 2.04. The van der Waals surface area contributed by atoms with Crippen molar-refractivity contribution in [2.45, 2.75) is 19.9 Å². The van der Waals surface area contributed by atoms with E-state index in [4.69, 9.17) is 17.3 Å². The molecule has 4 heteroatoms. The normalized spacial score (nSPS) is 10.8. The molecule has 0 saturated heterocycles. The highest BCUT2D eigenvalue weighted by Gasteiger charge is 2.03. The van der Waals surface area contributed by atoms with E-state index in [0.717, 1.165) is 22.6 Å². The molecule has 1 aromatic carbocycles. The number of rotatable bonds is 4. The molecule has 0 saturated carbocycles. The zero-order valence-corrected chi connectivity index (χ0v) is 10.6. The second-order valence-electron chi connectivity index (χ2n) is 4.18. The smallest absolute Gasteiger partial charge is 0.0673 e. The third kappa shape index (κ3) is 3.08. The Morgan fingerprint density at radius 3 is 2.94 bits per heavy atom. The third-order valence-electron chi connectivity index (χ3n) is 2.66. The summed E-state index contributed by atoms with van der Waals surface area (Å²) in [5, 5.41) is 5.09. The van der Waals surface area contributed by atoms with E-state index in [1.807, 2.05) is 36.1 Å². The first kappa shape index (κ1) is 12.1. The number of aryl methyl sites for hydroxylation is 1. The lowest BCUT2D eigenvalue weighted by molar-refractivity contribution is 0.686. The van der Waals surface area contributed by atoms with Gasteiger partial charge in [0.15, 0.2) is 0 Å². The summed E-state index contributed by atoms with van der Waals surface area (Å²) in [5.74, 6) is 0. The minimum Gasteiger partial charge on any atom is -0.330 e. The molecule has 2 N–H and O–H groups in total. The SMILES string of the molecule is Cc1ccc(Cn2cc(CCN)cn2)c(Cl)c1. The molecule has 0 atom stereocenters. The number of nitrogens with zero attached hydrogens (tertiary/aromatic N) is 2. The van der Waals surface area contributed by atoms with Crippen LogP contribution < -0.4 is 5.73 Å². The van der Waals surface area contributed by atoms with Crippen LogP contribution in [0.4, 0.5) is 0 Å². The molecule has 3 nitrogen and oxygen atoms in total. The number of nitrogens with two attached hydrogens (primary N) is 1. The molecule has 2 rings (SSSR count). The van der Waals surface area contributed by atoms with E-state index in [2.05, 4.69) is 11.2 Å². The Labute approximate surface area is 106 Å². The Morgan fingerprint density at radius 2 is 2.24 bits per heavy atom. The number of aromatic nitrogens is 2.